The molecule has 0 bridgehead atoms. The summed E-state index contributed by atoms with van der Waals surface area (Å²) in [5, 5.41) is 0.759. The summed E-state index contributed by atoms with van der Waals surface area (Å²) in [6, 6.07) is 21.8. The van der Waals surface area contributed by atoms with Crippen LogP contribution in [0.4, 0.5) is 28.8 Å². The number of benzene rings is 2. The van der Waals surface area contributed by atoms with Crippen molar-refractivity contribution < 1.29 is 4.42 Å². The van der Waals surface area contributed by atoms with Crippen molar-refractivity contribution in [1.82, 2.24) is 4.98 Å². The van der Waals surface area contributed by atoms with E-state index in [2.05, 4.69) is 4.98 Å². The highest BCUT2D eigenvalue weighted by Gasteiger charge is 2.20. The Bertz CT molecular complexity index is 941. The minimum Gasteiger partial charge on any atom is -0.435 e. The smallest absolute Gasteiger partial charge is 0.215 e. The van der Waals surface area contributed by atoms with Gasteiger partial charge in [0.25, 0.3) is 0 Å². The molecule has 0 radical (unpaired) electrons. The Balaban J connectivity index is 2.00. The van der Waals surface area contributed by atoms with Crippen molar-refractivity contribution in [2.75, 3.05) is 16.4 Å². The highest BCUT2D eigenvalue weighted by Crippen LogP contribution is 2.40. The Kier molecular flexibility index (Phi) is 3.31. The summed E-state index contributed by atoms with van der Waals surface area (Å²) in [7, 11) is 0. The zero-order valence-electron chi connectivity index (χ0n) is 12.9. The number of nitrogen functional groups attached to an aromatic ring is 2. The molecule has 0 saturated heterocycles. The van der Waals surface area contributed by atoms with Gasteiger partial charge in [0.2, 0.25) is 5.88 Å². The number of para-hydroxylation sites is 2. The van der Waals surface area contributed by atoms with Gasteiger partial charge in [0.05, 0.1) is 5.39 Å². The zero-order valence-corrected chi connectivity index (χ0v) is 12.9. The lowest BCUT2D eigenvalue weighted by molar-refractivity contribution is 0.637. The maximum Gasteiger partial charge on any atom is 0.215 e. The number of nitrogens with zero attached hydrogens (tertiary/aromatic N) is 2. The van der Waals surface area contributed by atoms with Gasteiger partial charge in [-0.05, 0) is 30.3 Å². The number of anilines is 5. The Morgan fingerprint density at radius 1 is 0.792 bits per heavy atom. The monoisotopic (exact) mass is 316 g/mol. The minimum absolute atomic E-state index is 0.209. The van der Waals surface area contributed by atoms with Crippen LogP contribution in [0.2, 0.25) is 0 Å². The van der Waals surface area contributed by atoms with E-state index in [9.17, 15) is 0 Å². The first-order valence-corrected chi connectivity index (χ1v) is 7.58. The van der Waals surface area contributed by atoms with Crippen LogP contribution < -0.4 is 16.4 Å². The number of hydrogen-bond acceptors (Lipinski definition) is 5. The molecule has 0 aliphatic carbocycles. The van der Waals surface area contributed by atoms with Crippen molar-refractivity contribution in [1.29, 1.82) is 0 Å². The summed E-state index contributed by atoms with van der Waals surface area (Å²) in [5.41, 5.74) is 14.8. The van der Waals surface area contributed by atoms with Gasteiger partial charge < -0.3 is 15.9 Å². The molecule has 2 aromatic carbocycles. The molecule has 0 saturated carbocycles. The van der Waals surface area contributed by atoms with E-state index < -0.39 is 0 Å². The molecule has 5 nitrogen and oxygen atoms in total. The van der Waals surface area contributed by atoms with Gasteiger partial charge in [-0.25, -0.2) is 4.98 Å². The number of pyridine rings is 1. The van der Waals surface area contributed by atoms with Gasteiger partial charge >= 0.3 is 0 Å². The van der Waals surface area contributed by atoms with Crippen molar-refractivity contribution in [3.63, 3.8) is 0 Å². The van der Waals surface area contributed by atoms with Crippen LogP contribution >= 0.6 is 0 Å². The van der Waals surface area contributed by atoms with E-state index in [0.717, 1.165) is 16.8 Å². The molecule has 2 aromatic heterocycles. The molecule has 0 aliphatic heterocycles. The summed E-state index contributed by atoms with van der Waals surface area (Å²) in [6.45, 7) is 0. The predicted octanol–water partition coefficient (Wildman–Crippen LogP) is 4.46. The van der Waals surface area contributed by atoms with E-state index in [-0.39, 0.29) is 5.88 Å². The zero-order chi connectivity index (χ0) is 16.5. The minimum atomic E-state index is 0.209. The van der Waals surface area contributed by atoms with E-state index in [1.165, 1.54) is 0 Å². The Hall–Kier alpha value is -3.47. The van der Waals surface area contributed by atoms with Crippen LogP contribution in [0.3, 0.4) is 0 Å². The van der Waals surface area contributed by atoms with Gasteiger partial charge in [-0.3, -0.25) is 4.90 Å². The second kappa shape index (κ2) is 5.62. The number of furan rings is 1. The fourth-order valence-corrected chi connectivity index (χ4v) is 2.75. The van der Waals surface area contributed by atoms with Crippen LogP contribution in [0.5, 0.6) is 0 Å². The second-order valence-corrected chi connectivity index (χ2v) is 5.40. The molecule has 4 rings (SSSR count). The summed E-state index contributed by atoms with van der Waals surface area (Å²) in [5.74, 6) is 0.855. The van der Waals surface area contributed by atoms with Gasteiger partial charge in [0.1, 0.15) is 5.69 Å². The van der Waals surface area contributed by atoms with E-state index >= 15 is 0 Å². The standard InChI is InChI=1S/C19H16N4O/c20-16-15-11-12-22-19(17(15)24-18(16)21)23(13-7-3-1-4-8-13)14-9-5-2-6-10-14/h1-12H,20-21H2. The lowest BCUT2D eigenvalue weighted by Crippen LogP contribution is -2.11. The van der Waals surface area contributed by atoms with Gasteiger partial charge in [-0.1, -0.05) is 36.4 Å². The van der Waals surface area contributed by atoms with E-state index in [1.54, 1.807) is 6.20 Å². The van der Waals surface area contributed by atoms with Crippen molar-refractivity contribution in [3.05, 3.63) is 72.9 Å². The first-order valence-electron chi connectivity index (χ1n) is 7.58. The molecule has 0 aliphatic rings. The van der Waals surface area contributed by atoms with E-state index in [4.69, 9.17) is 15.9 Å². The van der Waals surface area contributed by atoms with Crippen LogP contribution in [0.25, 0.3) is 11.0 Å². The lowest BCUT2D eigenvalue weighted by atomic mass is 10.2. The molecular weight excluding hydrogens is 300 g/mol. The Labute approximate surface area is 139 Å². The van der Waals surface area contributed by atoms with Gasteiger partial charge in [0.15, 0.2) is 11.4 Å². The number of rotatable bonds is 3. The summed E-state index contributed by atoms with van der Waals surface area (Å²) < 4.78 is 5.70. The molecule has 0 unspecified atom stereocenters. The Morgan fingerprint density at radius 2 is 1.38 bits per heavy atom. The van der Waals surface area contributed by atoms with Gasteiger partial charge in [0, 0.05) is 17.6 Å². The number of nitrogens with two attached hydrogens (primary N) is 2. The molecule has 0 atom stereocenters. The molecule has 0 spiro atoms. The van der Waals surface area contributed by atoms with Gasteiger partial charge in [-0.2, -0.15) is 0 Å². The molecule has 0 amide bonds. The summed E-state index contributed by atoms with van der Waals surface area (Å²) in [4.78, 5) is 6.55. The maximum absolute atomic E-state index is 6.02. The molecule has 4 aromatic rings. The van der Waals surface area contributed by atoms with Gasteiger partial charge in [-0.15, -0.1) is 0 Å². The fraction of sp³-hybridized carbons (Fsp3) is 0. The summed E-state index contributed by atoms with van der Waals surface area (Å²) in [6.07, 6.45) is 1.71. The average Bonchev–Trinajstić information content (AvgIpc) is 2.93. The van der Waals surface area contributed by atoms with Crippen LogP contribution in [0.15, 0.2) is 77.3 Å². The molecule has 2 heterocycles. The van der Waals surface area contributed by atoms with Crippen LogP contribution in [0, 0.1) is 0 Å². The molecular formula is C19H16N4O. The first-order chi connectivity index (χ1) is 11.8. The molecule has 118 valence electrons. The molecule has 0 fully saturated rings. The lowest BCUT2D eigenvalue weighted by Gasteiger charge is -2.24. The van der Waals surface area contributed by atoms with Crippen LogP contribution in [-0.2, 0) is 0 Å². The number of aromatic nitrogens is 1. The third-order valence-electron chi connectivity index (χ3n) is 3.89. The second-order valence-electron chi connectivity index (χ2n) is 5.40. The normalized spacial score (nSPS) is 10.8. The van der Waals surface area contributed by atoms with E-state index in [0.29, 0.717) is 17.1 Å². The van der Waals surface area contributed by atoms with Crippen molar-refractivity contribution in [2.45, 2.75) is 0 Å². The largest absolute Gasteiger partial charge is 0.435 e. The number of fused-ring (bicyclic) bond motifs is 1. The predicted molar refractivity (Wildman–Crippen MR) is 97.5 cm³/mol. The third kappa shape index (κ3) is 2.23. The van der Waals surface area contributed by atoms with Crippen molar-refractivity contribution in [3.8, 4) is 0 Å². The summed E-state index contributed by atoms with van der Waals surface area (Å²) >= 11 is 0. The quantitative estimate of drug-likeness (QED) is 0.583. The topological polar surface area (TPSA) is 81.3 Å². The van der Waals surface area contributed by atoms with Crippen LogP contribution in [0.1, 0.15) is 0 Å². The van der Waals surface area contributed by atoms with Crippen molar-refractivity contribution in [2.24, 2.45) is 0 Å². The van der Waals surface area contributed by atoms with Crippen LogP contribution in [-0.4, -0.2) is 4.98 Å². The average molecular weight is 316 g/mol. The molecule has 24 heavy (non-hydrogen) atoms. The van der Waals surface area contributed by atoms with Crippen molar-refractivity contribution >= 4 is 39.7 Å². The highest BCUT2D eigenvalue weighted by molar-refractivity contribution is 6.02. The molecule has 5 heteroatoms. The number of hydrogen-bond donors (Lipinski definition) is 2. The third-order valence-corrected chi connectivity index (χ3v) is 3.89. The Morgan fingerprint density at radius 3 is 1.96 bits per heavy atom. The van der Waals surface area contributed by atoms with E-state index in [1.807, 2.05) is 71.6 Å². The highest BCUT2D eigenvalue weighted by atomic mass is 16.3. The maximum atomic E-state index is 6.02. The first kappa shape index (κ1) is 14.1. The fourth-order valence-electron chi connectivity index (χ4n) is 2.75. The SMILES string of the molecule is Nc1oc2c(N(c3ccccc3)c3ccccc3)nccc2c1N. The molecule has 4 N–H and O–H groups in total.